The first-order valence-electron chi connectivity index (χ1n) is 11.6. The van der Waals surface area contributed by atoms with E-state index in [1.165, 1.54) is 19.3 Å². The van der Waals surface area contributed by atoms with Gasteiger partial charge in [-0.2, -0.15) is 18.0 Å². The summed E-state index contributed by atoms with van der Waals surface area (Å²) in [5.74, 6) is -2.97. The van der Waals surface area contributed by atoms with Gasteiger partial charge in [-0.3, -0.25) is 9.59 Å². The van der Waals surface area contributed by atoms with Crippen molar-refractivity contribution in [3.05, 3.63) is 0 Å². The maximum absolute atomic E-state index is 13.0. The number of carbonyl (C=O) groups is 2. The molecular formula is C20H33F3N6O2S. The second kappa shape index (κ2) is 10.5. The van der Waals surface area contributed by atoms with Crippen LogP contribution >= 0.6 is 11.9 Å². The zero-order valence-electron chi connectivity index (χ0n) is 18.0. The third-order valence-electron chi connectivity index (χ3n) is 7.10. The van der Waals surface area contributed by atoms with Crippen LogP contribution in [0.2, 0.25) is 0 Å². The maximum Gasteiger partial charge on any atom is 0.393 e. The highest BCUT2D eigenvalue weighted by atomic mass is 32.2. The Balaban J connectivity index is 1.28. The lowest BCUT2D eigenvalue weighted by Gasteiger charge is -2.36. The molecule has 1 saturated carbocycles. The second-order valence-electron chi connectivity index (χ2n) is 9.37. The van der Waals surface area contributed by atoms with E-state index in [0.29, 0.717) is 6.04 Å². The molecule has 8 nitrogen and oxygen atoms in total. The number of hydrogen-bond donors (Lipinski definition) is 5. The average molecular weight is 479 g/mol. The van der Waals surface area contributed by atoms with Crippen LogP contribution in [-0.2, 0) is 9.59 Å². The molecule has 12 heteroatoms. The van der Waals surface area contributed by atoms with Crippen LogP contribution in [0.3, 0.4) is 0 Å². The molecule has 6 unspecified atom stereocenters. The smallest absolute Gasteiger partial charge is 0.352 e. The van der Waals surface area contributed by atoms with Crippen molar-refractivity contribution in [3.8, 4) is 0 Å². The van der Waals surface area contributed by atoms with Crippen molar-refractivity contribution in [1.29, 1.82) is 0 Å². The number of likely N-dealkylation sites (tertiary alicyclic amines) is 1. The molecule has 32 heavy (non-hydrogen) atoms. The number of halogens is 3. The number of nitrogens with one attached hydrogen (secondary N) is 5. The van der Waals surface area contributed by atoms with Crippen LogP contribution in [0.5, 0.6) is 0 Å². The average Bonchev–Trinajstić information content (AvgIpc) is 3.46. The van der Waals surface area contributed by atoms with E-state index in [1.54, 1.807) is 0 Å². The van der Waals surface area contributed by atoms with Gasteiger partial charge in [0.1, 0.15) is 11.4 Å². The summed E-state index contributed by atoms with van der Waals surface area (Å²) >= 11 is 1.16. The molecule has 4 rings (SSSR count). The van der Waals surface area contributed by atoms with Crippen LogP contribution in [0.25, 0.3) is 0 Å². The Bertz CT molecular complexity index is 678. The summed E-state index contributed by atoms with van der Waals surface area (Å²) in [5, 5.41) is 8.01. The minimum atomic E-state index is -4.33. The summed E-state index contributed by atoms with van der Waals surface area (Å²) in [6.07, 6.45) is 2.03. The third kappa shape index (κ3) is 5.88. The third-order valence-corrected chi connectivity index (χ3v) is 7.98. The van der Waals surface area contributed by atoms with Gasteiger partial charge in [-0.15, -0.1) is 0 Å². The van der Waals surface area contributed by atoms with Crippen molar-refractivity contribution >= 4 is 23.8 Å². The van der Waals surface area contributed by atoms with Crippen molar-refractivity contribution in [3.63, 3.8) is 0 Å². The fourth-order valence-corrected chi connectivity index (χ4v) is 6.12. The standard InChI is InChI=1S/C20H33F3N6O2S/c21-20(22,23)13-8-12(10-24-11-13)17(30)26-19-16(27-28-32-19)18(31)25-14-4-3-5-15(9-14)29-6-1-2-7-29/h12-16,19,24,27-28H,1-11H2,(H,25,31)(H,26,30). The van der Waals surface area contributed by atoms with Crippen molar-refractivity contribution in [2.24, 2.45) is 11.8 Å². The molecule has 5 N–H and O–H groups in total. The Morgan fingerprint density at radius 3 is 2.50 bits per heavy atom. The Morgan fingerprint density at radius 2 is 1.75 bits per heavy atom. The molecule has 6 atom stereocenters. The first-order chi connectivity index (χ1) is 15.3. The van der Waals surface area contributed by atoms with Crippen LogP contribution in [0.1, 0.15) is 44.9 Å². The fraction of sp³-hybridized carbons (Fsp3) is 0.900. The Kier molecular flexibility index (Phi) is 7.86. The summed E-state index contributed by atoms with van der Waals surface area (Å²) in [5.41, 5.74) is 2.88. The zero-order chi connectivity index (χ0) is 22.7. The highest BCUT2D eigenvalue weighted by molar-refractivity contribution is 7.98. The molecule has 0 bridgehead atoms. The van der Waals surface area contributed by atoms with Crippen molar-refractivity contribution in [1.82, 2.24) is 31.1 Å². The molecule has 1 aliphatic carbocycles. The van der Waals surface area contributed by atoms with E-state index in [0.717, 1.165) is 44.3 Å². The highest BCUT2D eigenvalue weighted by Gasteiger charge is 2.45. The predicted molar refractivity (Wildman–Crippen MR) is 115 cm³/mol. The zero-order valence-corrected chi connectivity index (χ0v) is 18.9. The van der Waals surface area contributed by atoms with Crippen molar-refractivity contribution in [2.45, 2.75) is 74.6 Å². The number of carbonyl (C=O) groups excluding carboxylic acids is 2. The first-order valence-corrected chi connectivity index (χ1v) is 12.5. The van der Waals surface area contributed by atoms with Gasteiger partial charge in [-0.25, -0.2) is 5.43 Å². The lowest BCUT2D eigenvalue weighted by atomic mass is 9.89. The van der Waals surface area contributed by atoms with E-state index in [-0.39, 0.29) is 31.5 Å². The van der Waals surface area contributed by atoms with Crippen LogP contribution < -0.4 is 26.2 Å². The van der Waals surface area contributed by atoms with E-state index in [9.17, 15) is 22.8 Å². The number of rotatable bonds is 5. The molecule has 3 aliphatic heterocycles. The topological polar surface area (TPSA) is 97.5 Å². The second-order valence-corrected chi connectivity index (χ2v) is 10.3. The van der Waals surface area contributed by atoms with E-state index >= 15 is 0 Å². The summed E-state index contributed by atoms with van der Waals surface area (Å²) < 4.78 is 39.1. The molecule has 0 aromatic carbocycles. The van der Waals surface area contributed by atoms with Crippen molar-refractivity contribution in [2.75, 3.05) is 26.2 Å². The highest BCUT2D eigenvalue weighted by Crippen LogP contribution is 2.33. The number of alkyl halides is 3. The Labute approximate surface area is 190 Å². The number of amides is 2. The monoisotopic (exact) mass is 478 g/mol. The molecule has 4 aliphatic rings. The number of hydrogen-bond acceptors (Lipinski definition) is 7. The minimum absolute atomic E-state index is 0.0979. The van der Waals surface area contributed by atoms with Gasteiger partial charge in [0.05, 0.1) is 11.8 Å². The molecule has 0 aromatic rings. The van der Waals surface area contributed by atoms with Crippen LogP contribution in [0, 0.1) is 11.8 Å². The van der Waals surface area contributed by atoms with Crippen LogP contribution in [-0.4, -0.2) is 72.6 Å². The first kappa shape index (κ1) is 24.1. The van der Waals surface area contributed by atoms with Gasteiger partial charge in [-0.1, -0.05) is 0 Å². The SMILES string of the molecule is O=C(NC1SNNC1C(=O)NC1CCCC(N2CCCC2)C1)C1CNCC(C(F)(F)F)C1. The Morgan fingerprint density at radius 1 is 0.969 bits per heavy atom. The Hall–Kier alpha value is -1.08. The van der Waals surface area contributed by atoms with E-state index in [4.69, 9.17) is 0 Å². The maximum atomic E-state index is 13.0. The van der Waals surface area contributed by atoms with Crippen LogP contribution in [0.4, 0.5) is 13.2 Å². The van der Waals surface area contributed by atoms with E-state index in [1.807, 2.05) is 0 Å². The largest absolute Gasteiger partial charge is 0.393 e. The number of piperidine rings is 1. The fourth-order valence-electron chi connectivity index (χ4n) is 5.29. The van der Waals surface area contributed by atoms with Crippen molar-refractivity contribution < 1.29 is 22.8 Å². The predicted octanol–water partition coefficient (Wildman–Crippen LogP) is 0.865. The molecule has 3 saturated heterocycles. The molecule has 4 fully saturated rings. The molecular weight excluding hydrogens is 445 g/mol. The summed E-state index contributed by atoms with van der Waals surface area (Å²) in [7, 11) is 0. The summed E-state index contributed by atoms with van der Waals surface area (Å²) in [4.78, 5) is 30.9. The number of nitrogens with zero attached hydrogens (tertiary/aromatic N) is 1. The minimum Gasteiger partial charge on any atom is -0.352 e. The van der Waals surface area contributed by atoms with Gasteiger partial charge < -0.3 is 20.9 Å². The van der Waals surface area contributed by atoms with Gasteiger partial charge in [0.15, 0.2) is 0 Å². The molecule has 0 aromatic heterocycles. The van der Waals surface area contributed by atoms with Gasteiger partial charge in [0, 0.05) is 25.2 Å². The van der Waals surface area contributed by atoms with E-state index in [2.05, 4.69) is 31.1 Å². The molecule has 0 spiro atoms. The molecule has 0 radical (unpaired) electrons. The molecule has 2 amide bonds. The van der Waals surface area contributed by atoms with Gasteiger partial charge in [-0.05, 0) is 70.0 Å². The normalized spacial score (nSPS) is 36.7. The van der Waals surface area contributed by atoms with Crippen LogP contribution in [0.15, 0.2) is 0 Å². The quantitative estimate of drug-likeness (QED) is 0.374. The van der Waals surface area contributed by atoms with E-state index < -0.39 is 35.3 Å². The lowest BCUT2D eigenvalue weighted by Crippen LogP contribution is -2.57. The molecule has 182 valence electrons. The number of hydrazine groups is 1. The summed E-state index contributed by atoms with van der Waals surface area (Å²) in [6.45, 7) is 2.30. The molecule has 3 heterocycles. The van der Waals surface area contributed by atoms with Gasteiger partial charge >= 0.3 is 6.18 Å². The van der Waals surface area contributed by atoms with Gasteiger partial charge in [0.2, 0.25) is 11.8 Å². The van der Waals surface area contributed by atoms with Gasteiger partial charge in [0.25, 0.3) is 0 Å². The summed E-state index contributed by atoms with van der Waals surface area (Å²) in [6, 6.07) is -0.0803. The lowest BCUT2D eigenvalue weighted by molar-refractivity contribution is -0.182.